The molecule has 0 saturated carbocycles. The summed E-state index contributed by atoms with van der Waals surface area (Å²) in [6, 6.07) is 35.5. The van der Waals surface area contributed by atoms with Crippen LogP contribution in [0.3, 0.4) is 0 Å². The molecule has 121 heavy (non-hydrogen) atoms. The summed E-state index contributed by atoms with van der Waals surface area (Å²) in [4.78, 5) is 121. The van der Waals surface area contributed by atoms with Crippen LogP contribution in [0.5, 0.6) is 0 Å². The van der Waals surface area contributed by atoms with Gasteiger partial charge in [-0.3, -0.25) is 28.8 Å². The zero-order chi connectivity index (χ0) is 84.1. The van der Waals surface area contributed by atoms with Gasteiger partial charge in [-0.1, -0.05) is 110 Å². The van der Waals surface area contributed by atoms with Crippen LogP contribution in [-0.4, -0.2) is 143 Å². The number of rotatable bonds is 24. The number of benzene rings is 6. The van der Waals surface area contributed by atoms with Gasteiger partial charge in [0.2, 0.25) is 23.1 Å². The number of hydroxylamine groups is 2. The Kier molecular flexibility index (Phi) is 40.8. The minimum absolute atomic E-state index is 0. The first-order chi connectivity index (χ1) is 55.4. The number of ether oxygens (including phenoxy) is 2. The van der Waals surface area contributed by atoms with E-state index in [0.717, 1.165) is 51.8 Å². The van der Waals surface area contributed by atoms with Gasteiger partial charge in [0.1, 0.15) is 34.9 Å². The van der Waals surface area contributed by atoms with Crippen LogP contribution in [-0.2, 0) is 67.2 Å². The molecule has 3 N–H and O–H groups in total. The van der Waals surface area contributed by atoms with Gasteiger partial charge in [0.15, 0.2) is 69.9 Å². The first-order valence-electron chi connectivity index (χ1n) is 34.6. The van der Waals surface area contributed by atoms with Crippen LogP contribution < -0.4 is 0 Å². The second-order valence-corrected chi connectivity index (χ2v) is 24.7. The monoisotopic (exact) mass is 1680 g/mol. The number of amides is 2. The number of aliphatic hydroxyl groups excluding tert-OH is 2. The Morgan fingerprint density at radius 3 is 1.05 bits per heavy atom. The fourth-order valence-electron chi connectivity index (χ4n) is 9.81. The van der Waals surface area contributed by atoms with Crippen LogP contribution in [0.2, 0.25) is 0 Å². The highest BCUT2D eigenvalue weighted by atomic mass is 19.1. The molecule has 6 aromatic heterocycles. The smallest absolute Gasteiger partial charge is 0.378 e. The number of hydrogen-bond donors (Lipinski definition) is 3. The average molecular weight is 1680 g/mol. The number of oxazole rings is 6. The van der Waals surface area contributed by atoms with E-state index in [9.17, 15) is 74.9 Å². The SMILES string of the molecule is C.C.C.C.C.CC(=O)c1cnc(Cc2ccc(F)cc2)o1.CC(C)N1CC(C(=O)c2cnc(Cc3ccc(F)cc3)o2)=C(O)C1=O.CCOC(=O)c1cnc(Cc2ccc(F)cc2)o1.COC(=O)C(=O)C=C(O)c1cnc(Cc2ccc(F)cc2)o1.CON(C)C(=O)c1cnc(Cc2ccc(F)cc2)o1.O=C(O)c1cnc(Cc2ccc(F)cc2)o1. The molecular formula is C87H92F6N8O20. The van der Waals surface area contributed by atoms with Gasteiger partial charge in [0, 0.05) is 64.6 Å². The van der Waals surface area contributed by atoms with Gasteiger partial charge in [0.05, 0.1) is 70.1 Å². The number of hydrogen-bond acceptors (Lipinski definition) is 25. The Morgan fingerprint density at radius 2 is 0.752 bits per heavy atom. The van der Waals surface area contributed by atoms with Crippen LogP contribution in [0.25, 0.3) is 5.76 Å². The van der Waals surface area contributed by atoms with Gasteiger partial charge in [0.25, 0.3) is 11.7 Å². The van der Waals surface area contributed by atoms with Crippen molar-refractivity contribution in [3.63, 3.8) is 0 Å². The minimum atomic E-state index is -1.15. The lowest BCUT2D eigenvalue weighted by Crippen LogP contribution is -2.34. The van der Waals surface area contributed by atoms with Gasteiger partial charge < -0.3 is 56.2 Å². The molecule has 0 bridgehead atoms. The van der Waals surface area contributed by atoms with E-state index in [-0.39, 0.29) is 143 Å². The van der Waals surface area contributed by atoms with Gasteiger partial charge in [-0.15, -0.1) is 0 Å². The maximum absolute atomic E-state index is 12.9. The molecule has 0 aliphatic carbocycles. The molecule has 2 amide bonds. The Hall–Kier alpha value is -14.4. The highest BCUT2D eigenvalue weighted by Crippen LogP contribution is 2.25. The van der Waals surface area contributed by atoms with E-state index in [1.807, 2.05) is 0 Å². The summed E-state index contributed by atoms with van der Waals surface area (Å²) in [5, 5.41) is 29.3. The summed E-state index contributed by atoms with van der Waals surface area (Å²) in [7, 11) is 3.92. The maximum Gasteiger partial charge on any atom is 0.378 e. The molecular weight excluding hydrogens is 1590 g/mol. The summed E-state index contributed by atoms with van der Waals surface area (Å²) in [5.41, 5.74) is 4.95. The second kappa shape index (κ2) is 48.9. The molecule has 13 rings (SSSR count). The summed E-state index contributed by atoms with van der Waals surface area (Å²) >= 11 is 0. The van der Waals surface area contributed by atoms with E-state index in [4.69, 9.17) is 41.2 Å². The summed E-state index contributed by atoms with van der Waals surface area (Å²) in [6.07, 6.45) is 10.6. The first kappa shape index (κ1) is 101. The topological polar surface area (TPSA) is 388 Å². The van der Waals surface area contributed by atoms with Gasteiger partial charge in [-0.25, -0.2) is 75.7 Å². The predicted molar refractivity (Wildman–Crippen MR) is 428 cm³/mol. The van der Waals surface area contributed by atoms with E-state index in [0.29, 0.717) is 74.1 Å². The number of aromatic nitrogens is 6. The molecule has 28 nitrogen and oxygen atoms in total. The van der Waals surface area contributed by atoms with Crippen molar-refractivity contribution in [2.75, 3.05) is 34.4 Å². The van der Waals surface area contributed by atoms with E-state index >= 15 is 0 Å². The number of Topliss-reactive ketones (excluding diaryl/α,β-unsaturated/α-hetero) is 2. The normalized spacial score (nSPS) is 11.0. The predicted octanol–water partition coefficient (Wildman–Crippen LogP) is 17.2. The molecule has 0 saturated heterocycles. The molecule has 0 radical (unpaired) electrons. The number of aromatic carboxylic acids is 1. The van der Waals surface area contributed by atoms with E-state index in [1.54, 1.807) is 93.6 Å². The summed E-state index contributed by atoms with van der Waals surface area (Å²) in [6.45, 7) is 7.06. The Labute approximate surface area is 692 Å². The van der Waals surface area contributed by atoms with Gasteiger partial charge in [-0.2, -0.15) is 0 Å². The molecule has 6 aromatic carbocycles. The van der Waals surface area contributed by atoms with Crippen molar-refractivity contribution in [1.29, 1.82) is 0 Å². The molecule has 0 spiro atoms. The molecule has 7 heterocycles. The zero-order valence-electron chi connectivity index (χ0n) is 62.8. The van der Waals surface area contributed by atoms with Crippen molar-refractivity contribution in [3.8, 4) is 0 Å². The number of carboxylic acid groups (broad SMARTS) is 1. The third-order valence-electron chi connectivity index (χ3n) is 15.8. The number of nitrogens with zero attached hydrogens (tertiary/aromatic N) is 8. The van der Waals surface area contributed by atoms with Crippen LogP contribution in [0.4, 0.5) is 26.3 Å². The maximum atomic E-state index is 12.9. The van der Waals surface area contributed by atoms with E-state index in [1.165, 1.54) is 130 Å². The van der Waals surface area contributed by atoms with Crippen LogP contribution in [0.15, 0.2) is 227 Å². The van der Waals surface area contributed by atoms with E-state index in [2.05, 4.69) is 34.6 Å². The van der Waals surface area contributed by atoms with Gasteiger partial charge >= 0.3 is 23.8 Å². The number of esters is 2. The van der Waals surface area contributed by atoms with Crippen molar-refractivity contribution in [1.82, 2.24) is 39.9 Å². The fourth-order valence-corrected chi connectivity index (χ4v) is 9.81. The third kappa shape index (κ3) is 31.2. The van der Waals surface area contributed by atoms with Crippen LogP contribution in [0.1, 0.15) is 192 Å². The largest absolute Gasteiger partial charge is 0.504 e. The standard InChI is InChI=1S/C18H17FN2O4.C15H12FNO5.C13H13FN2O3.C13H12FNO3.C12H10FNO2.C11H8FNO3.5CH4/c1-10(2)21-9-13(17(23)18(21)24)16(22)14-8-20-15(25-14)7-11-3-5-12(19)6-4-11;1-21-15(20)12(19)7-11(18)13-8-17-14(22-13)6-9-2-4-10(16)5-3-9;1-16(18-2)13(17)11-8-15-12(19-11)7-9-3-5-10(14)6-4-9;1-2-17-13(16)11-8-15-12(18-11)7-9-3-5-10(14)6-4-9;1-8(15)11-7-14-12(16-11)6-9-2-4-10(13)5-3-9;12-8-3-1-7(2-4-8)5-10-13-6-9(16-10)11(14)15;;;;;/h3-6,8,10,23H,7,9H2,1-2H3;2-5,7-8,18H,6H2,1H3;3-6,8H,7H2,1-2H3;3-6,8H,2,7H2,1H3;2-5,7H,6H2,1H3;1-4,6H,5H2,(H,14,15);5*1H4. The highest BCUT2D eigenvalue weighted by Gasteiger charge is 2.37. The zero-order valence-corrected chi connectivity index (χ0v) is 62.8. The molecule has 34 heteroatoms. The number of carbonyl (C=O) groups excluding carboxylic acids is 7. The minimum Gasteiger partial charge on any atom is -0.504 e. The highest BCUT2D eigenvalue weighted by molar-refractivity contribution is 6.39. The second-order valence-electron chi connectivity index (χ2n) is 24.7. The Bertz CT molecular complexity index is 5290. The molecule has 12 aromatic rings. The molecule has 0 fully saturated rings. The first-order valence-corrected chi connectivity index (χ1v) is 34.6. The molecule has 1 aliphatic heterocycles. The Balaban J connectivity index is 0.000000375. The Morgan fingerprint density at radius 1 is 0.463 bits per heavy atom. The molecule has 1 aliphatic rings. The summed E-state index contributed by atoms with van der Waals surface area (Å²) < 4.78 is 117. The number of methoxy groups -OCH3 is 1. The lowest BCUT2D eigenvalue weighted by molar-refractivity contribution is -0.149. The van der Waals surface area contributed by atoms with Crippen molar-refractivity contribution in [2.24, 2.45) is 0 Å². The van der Waals surface area contributed by atoms with Crippen molar-refractivity contribution >= 4 is 52.8 Å². The third-order valence-corrected chi connectivity index (χ3v) is 15.8. The number of carbonyl (C=O) groups is 8. The molecule has 0 atom stereocenters. The molecule has 642 valence electrons. The fraction of sp³-hybridized carbons (Fsp3) is 0.241. The van der Waals surface area contributed by atoms with E-state index < -0.39 is 52.8 Å². The van der Waals surface area contributed by atoms with Crippen molar-refractivity contribution in [2.45, 2.75) is 109 Å². The quantitative estimate of drug-likeness (QED) is 0.00962. The van der Waals surface area contributed by atoms with Crippen molar-refractivity contribution < 1.29 is 121 Å². The van der Waals surface area contributed by atoms with Gasteiger partial charge in [-0.05, 0) is 127 Å². The lowest BCUT2D eigenvalue weighted by Gasteiger charge is -2.20. The summed E-state index contributed by atoms with van der Waals surface area (Å²) in [5.74, 6) is -6.24. The van der Waals surface area contributed by atoms with Crippen LogP contribution in [0, 0.1) is 34.9 Å². The lowest BCUT2D eigenvalue weighted by atomic mass is 10.1. The van der Waals surface area contributed by atoms with Crippen molar-refractivity contribution in [3.05, 3.63) is 338 Å². The average Bonchev–Trinajstić information content (AvgIpc) is 1.65. The molecule has 0 unspecified atom stereocenters. The number of ketones is 3. The number of carboxylic acids is 1. The number of aliphatic hydroxyl groups is 2. The number of halogens is 6. The van der Waals surface area contributed by atoms with Crippen LogP contribution >= 0.6 is 0 Å².